The van der Waals surface area contributed by atoms with E-state index in [4.69, 9.17) is 15.0 Å². The van der Waals surface area contributed by atoms with Crippen molar-refractivity contribution in [2.45, 2.75) is 6.92 Å². The number of rotatable bonds is 0. The van der Waals surface area contributed by atoms with Gasteiger partial charge in [-0.3, -0.25) is 0 Å². The second-order valence-corrected chi connectivity index (χ2v) is 3.33. The summed E-state index contributed by atoms with van der Waals surface area (Å²) < 4.78 is 9.19. The molecule has 0 aliphatic heterocycles. The minimum Gasteiger partial charge on any atom is -0.317 e. The Labute approximate surface area is 52.5 Å². The quantitative estimate of drug-likeness (QED) is 0.352. The second kappa shape index (κ2) is 5.13. The van der Waals surface area contributed by atoms with Crippen LogP contribution in [0.5, 0.6) is 0 Å². The summed E-state index contributed by atoms with van der Waals surface area (Å²) in [6.07, 6.45) is 0. The van der Waals surface area contributed by atoms with E-state index in [-0.39, 0.29) is 0 Å². The Kier molecular flexibility index (Phi) is 6.98. The number of nitriles is 1. The molecule has 8 heavy (non-hydrogen) atoms. The minimum atomic E-state index is -3.94. The number of nitrogens with zero attached hydrogens (tertiary/aromatic N) is 1. The molecular weight excluding hydrogens is 149 g/mol. The standard InChI is InChI=1S/C2H3N.H3O3PS/c1-2-3;1-4(2,3)5/h1H3;(H3,1,2,3,5). The van der Waals surface area contributed by atoms with Gasteiger partial charge in [0.2, 0.25) is 0 Å². The van der Waals surface area contributed by atoms with Crippen LogP contribution in [0.2, 0.25) is 0 Å². The fraction of sp³-hybridized carbons (Fsp3) is 0.500. The fourth-order valence-electron chi connectivity index (χ4n) is 0. The molecule has 0 saturated carbocycles. The average molecular weight is 155 g/mol. The van der Waals surface area contributed by atoms with Crippen molar-refractivity contribution in [3.8, 4) is 6.07 Å². The summed E-state index contributed by atoms with van der Waals surface area (Å²) in [7, 11) is 0. The lowest BCUT2D eigenvalue weighted by Gasteiger charge is -1.82. The van der Waals surface area contributed by atoms with Crippen LogP contribution in [0.3, 0.4) is 0 Å². The van der Waals surface area contributed by atoms with E-state index < -0.39 is 6.80 Å². The van der Waals surface area contributed by atoms with Gasteiger partial charge >= 0.3 is 6.80 Å². The molecule has 0 radical (unpaired) electrons. The molecule has 0 heterocycles. The van der Waals surface area contributed by atoms with Gasteiger partial charge < -0.3 is 9.79 Å². The predicted molar refractivity (Wildman–Crippen MR) is 32.3 cm³/mol. The number of hydrogen-bond donors (Lipinski definition) is 3. The molecule has 0 unspecified atom stereocenters. The van der Waals surface area contributed by atoms with E-state index in [1.807, 2.05) is 0 Å². The summed E-state index contributed by atoms with van der Waals surface area (Å²) in [5.74, 6) is 0. The van der Waals surface area contributed by atoms with Crippen molar-refractivity contribution in [2.24, 2.45) is 0 Å². The summed E-state index contributed by atoms with van der Waals surface area (Å²) >= 11 is 2.79. The zero-order chi connectivity index (χ0) is 7.21. The van der Waals surface area contributed by atoms with Crippen molar-refractivity contribution in [1.29, 1.82) is 5.26 Å². The first-order chi connectivity index (χ1) is 3.41. The maximum atomic E-state index is 9.19. The normalized spacial score (nSPS) is 8.38. The summed E-state index contributed by atoms with van der Waals surface area (Å²) in [5, 5.41) is 7.32. The predicted octanol–water partition coefficient (Wildman–Crippen LogP) is 0.539. The highest BCUT2D eigenvalue weighted by atomic mass is 32.7. The highest BCUT2D eigenvalue weighted by molar-refractivity contribution is 8.43. The van der Waals surface area contributed by atoms with Gasteiger partial charge in [0.15, 0.2) is 0 Å². The van der Waals surface area contributed by atoms with Gasteiger partial charge in [-0.25, -0.2) is 4.57 Å². The molecule has 0 aliphatic carbocycles. The van der Waals surface area contributed by atoms with Crippen LogP contribution in [-0.2, 0) is 4.57 Å². The van der Waals surface area contributed by atoms with E-state index in [0.717, 1.165) is 0 Å². The first-order valence-corrected chi connectivity index (χ1v) is 4.27. The van der Waals surface area contributed by atoms with Crippen LogP contribution in [0.4, 0.5) is 0 Å². The van der Waals surface area contributed by atoms with Crippen molar-refractivity contribution < 1.29 is 14.4 Å². The van der Waals surface area contributed by atoms with E-state index in [0.29, 0.717) is 0 Å². The van der Waals surface area contributed by atoms with Crippen LogP contribution in [0.1, 0.15) is 6.92 Å². The Bertz CT molecular complexity index is 115. The molecular formula is C2H6NO3PS. The summed E-state index contributed by atoms with van der Waals surface area (Å²) in [6.45, 7) is -2.51. The zero-order valence-corrected chi connectivity index (χ0v) is 5.93. The minimum absolute atomic E-state index is 1.43. The average Bonchev–Trinajstić information content (AvgIpc) is 1.27. The van der Waals surface area contributed by atoms with Crippen molar-refractivity contribution in [3.05, 3.63) is 0 Å². The van der Waals surface area contributed by atoms with Gasteiger partial charge in [-0.05, 0) is 0 Å². The highest BCUT2D eigenvalue weighted by Crippen LogP contribution is 2.39. The molecule has 0 bridgehead atoms. The molecule has 48 valence electrons. The molecule has 0 aromatic heterocycles. The molecule has 0 aromatic carbocycles. The maximum Gasteiger partial charge on any atom is 0.380 e. The van der Waals surface area contributed by atoms with E-state index in [1.165, 1.54) is 6.92 Å². The van der Waals surface area contributed by atoms with Crippen LogP contribution >= 0.6 is 19.0 Å². The van der Waals surface area contributed by atoms with E-state index in [9.17, 15) is 4.57 Å². The van der Waals surface area contributed by atoms with Crippen molar-refractivity contribution in [1.82, 2.24) is 0 Å². The van der Waals surface area contributed by atoms with Gasteiger partial charge in [-0.1, -0.05) is 12.2 Å². The summed E-state index contributed by atoms with van der Waals surface area (Å²) in [6, 6.07) is 1.75. The summed E-state index contributed by atoms with van der Waals surface area (Å²) in [5.41, 5.74) is 0. The van der Waals surface area contributed by atoms with Gasteiger partial charge in [0.05, 0.1) is 6.07 Å². The first-order valence-electron chi connectivity index (χ1n) is 1.51. The Balaban J connectivity index is 0. The van der Waals surface area contributed by atoms with Gasteiger partial charge in [0.25, 0.3) is 0 Å². The van der Waals surface area contributed by atoms with Crippen molar-refractivity contribution in [3.63, 3.8) is 0 Å². The van der Waals surface area contributed by atoms with Crippen LogP contribution in [-0.4, -0.2) is 9.79 Å². The highest BCUT2D eigenvalue weighted by Gasteiger charge is 1.97. The topological polar surface area (TPSA) is 81.3 Å². The largest absolute Gasteiger partial charge is 0.380 e. The lowest BCUT2D eigenvalue weighted by molar-refractivity contribution is 0.397. The van der Waals surface area contributed by atoms with Crippen LogP contribution in [0.15, 0.2) is 0 Å². The van der Waals surface area contributed by atoms with E-state index in [1.54, 1.807) is 6.07 Å². The molecule has 0 saturated heterocycles. The Hall–Kier alpha value is -0.01000. The Morgan fingerprint density at radius 3 is 1.75 bits per heavy atom. The molecule has 0 spiro atoms. The summed E-state index contributed by atoms with van der Waals surface area (Å²) in [4.78, 5) is 15.0. The lowest BCUT2D eigenvalue weighted by Crippen LogP contribution is -1.54. The van der Waals surface area contributed by atoms with Gasteiger partial charge in [-0.15, -0.1) is 0 Å². The van der Waals surface area contributed by atoms with Gasteiger partial charge in [0, 0.05) is 6.92 Å². The van der Waals surface area contributed by atoms with Gasteiger partial charge in [0.1, 0.15) is 0 Å². The zero-order valence-electron chi connectivity index (χ0n) is 4.14. The third-order valence-electron chi connectivity index (χ3n) is 0. The maximum absolute atomic E-state index is 9.19. The molecule has 0 rings (SSSR count). The van der Waals surface area contributed by atoms with Crippen molar-refractivity contribution in [2.75, 3.05) is 0 Å². The molecule has 6 heteroatoms. The number of hydrogen-bond acceptors (Lipinski definition) is 2. The van der Waals surface area contributed by atoms with E-state index >= 15 is 0 Å². The molecule has 0 aliphatic rings. The van der Waals surface area contributed by atoms with Crippen LogP contribution < -0.4 is 0 Å². The van der Waals surface area contributed by atoms with Gasteiger partial charge in [-0.2, -0.15) is 5.26 Å². The fourth-order valence-corrected chi connectivity index (χ4v) is 0. The van der Waals surface area contributed by atoms with Crippen LogP contribution in [0.25, 0.3) is 0 Å². The Morgan fingerprint density at radius 1 is 1.75 bits per heavy atom. The molecule has 4 nitrogen and oxygen atoms in total. The SMILES string of the molecule is CC#N.O=P(O)(O)S. The molecule has 0 atom stereocenters. The smallest absolute Gasteiger partial charge is 0.317 e. The molecule has 0 amide bonds. The monoisotopic (exact) mass is 155 g/mol. The van der Waals surface area contributed by atoms with E-state index in [2.05, 4.69) is 12.2 Å². The second-order valence-electron chi connectivity index (χ2n) is 0.737. The third kappa shape index (κ3) is 1490000. The molecule has 0 aromatic rings. The molecule has 2 N–H and O–H groups in total. The number of thiol groups is 1. The van der Waals surface area contributed by atoms with Crippen molar-refractivity contribution >= 4 is 19.0 Å². The molecule has 0 fully saturated rings. The third-order valence-corrected chi connectivity index (χ3v) is 0. The Morgan fingerprint density at radius 2 is 1.75 bits per heavy atom. The first kappa shape index (κ1) is 10.9. The van der Waals surface area contributed by atoms with Crippen LogP contribution in [0, 0.1) is 11.3 Å². The lowest BCUT2D eigenvalue weighted by atomic mass is 11.0.